The molecule has 98 valence electrons. The first-order chi connectivity index (χ1) is 8.49. The Labute approximate surface area is 105 Å². The lowest BCUT2D eigenvalue weighted by molar-refractivity contribution is -0.146. The lowest BCUT2D eigenvalue weighted by Gasteiger charge is -2.33. The summed E-state index contributed by atoms with van der Waals surface area (Å²) in [6.45, 7) is 3.64. The SMILES string of the molecule is Cc1nccn1C(C)C(=O)NC1CC(C(=O)O)C1. The first-order valence-electron chi connectivity index (χ1n) is 6.01. The minimum atomic E-state index is -0.779. The van der Waals surface area contributed by atoms with Crippen LogP contribution in [0.2, 0.25) is 0 Å². The van der Waals surface area contributed by atoms with Crippen molar-refractivity contribution in [2.75, 3.05) is 0 Å². The maximum Gasteiger partial charge on any atom is 0.306 e. The summed E-state index contributed by atoms with van der Waals surface area (Å²) in [7, 11) is 0. The molecule has 6 nitrogen and oxygen atoms in total. The molecule has 1 aliphatic carbocycles. The lowest BCUT2D eigenvalue weighted by atomic mass is 9.80. The highest BCUT2D eigenvalue weighted by Gasteiger charge is 2.36. The van der Waals surface area contributed by atoms with Crippen molar-refractivity contribution in [1.29, 1.82) is 0 Å². The molecule has 18 heavy (non-hydrogen) atoms. The van der Waals surface area contributed by atoms with Crippen LogP contribution in [0.1, 0.15) is 31.6 Å². The number of rotatable bonds is 4. The highest BCUT2D eigenvalue weighted by molar-refractivity contribution is 5.81. The lowest BCUT2D eigenvalue weighted by Crippen LogP contribution is -2.48. The zero-order valence-electron chi connectivity index (χ0n) is 10.5. The Morgan fingerprint density at radius 3 is 2.72 bits per heavy atom. The first-order valence-corrected chi connectivity index (χ1v) is 6.01. The maximum absolute atomic E-state index is 12.0. The van der Waals surface area contributed by atoms with Crippen LogP contribution in [0.4, 0.5) is 0 Å². The number of imidazole rings is 1. The van der Waals surface area contributed by atoms with Crippen molar-refractivity contribution in [1.82, 2.24) is 14.9 Å². The molecule has 1 amide bonds. The summed E-state index contributed by atoms with van der Waals surface area (Å²) in [5.41, 5.74) is 0. The number of aliphatic carboxylic acids is 1. The smallest absolute Gasteiger partial charge is 0.306 e. The Morgan fingerprint density at radius 2 is 2.22 bits per heavy atom. The molecule has 0 saturated heterocycles. The van der Waals surface area contributed by atoms with E-state index in [1.807, 2.05) is 6.92 Å². The highest BCUT2D eigenvalue weighted by Crippen LogP contribution is 2.27. The molecule has 1 atom stereocenters. The number of aromatic nitrogens is 2. The van der Waals surface area contributed by atoms with E-state index < -0.39 is 5.97 Å². The summed E-state index contributed by atoms with van der Waals surface area (Å²) in [6, 6.07) is -0.332. The number of amides is 1. The Morgan fingerprint density at radius 1 is 1.56 bits per heavy atom. The van der Waals surface area contributed by atoms with Gasteiger partial charge in [-0.25, -0.2) is 4.98 Å². The van der Waals surface area contributed by atoms with E-state index in [2.05, 4.69) is 10.3 Å². The van der Waals surface area contributed by atoms with E-state index in [-0.39, 0.29) is 23.9 Å². The Kier molecular flexibility index (Phi) is 3.36. The molecule has 1 saturated carbocycles. The van der Waals surface area contributed by atoms with Gasteiger partial charge in [-0.15, -0.1) is 0 Å². The second kappa shape index (κ2) is 4.80. The summed E-state index contributed by atoms with van der Waals surface area (Å²) in [4.78, 5) is 26.7. The zero-order chi connectivity index (χ0) is 13.3. The van der Waals surface area contributed by atoms with Gasteiger partial charge in [0.05, 0.1) is 5.92 Å². The Balaban J connectivity index is 1.86. The quantitative estimate of drug-likeness (QED) is 0.826. The van der Waals surface area contributed by atoms with Gasteiger partial charge >= 0.3 is 5.97 Å². The third kappa shape index (κ3) is 2.37. The number of carbonyl (C=O) groups is 2. The standard InChI is InChI=1S/C12H17N3O3/c1-7(15-4-3-13-8(15)2)11(16)14-10-5-9(6-10)12(17)18/h3-4,7,9-10H,5-6H2,1-2H3,(H,14,16)(H,17,18). The van der Waals surface area contributed by atoms with E-state index in [1.54, 1.807) is 23.9 Å². The van der Waals surface area contributed by atoms with E-state index in [1.165, 1.54) is 0 Å². The molecule has 1 heterocycles. The number of nitrogens with zero attached hydrogens (tertiary/aromatic N) is 2. The predicted octanol–water partition coefficient (Wildman–Crippen LogP) is 0.732. The number of carboxylic acid groups (broad SMARTS) is 1. The Hall–Kier alpha value is -1.85. The molecule has 1 aromatic rings. The van der Waals surface area contributed by atoms with Gasteiger partial charge in [-0.2, -0.15) is 0 Å². The number of nitrogens with one attached hydrogen (secondary N) is 1. The van der Waals surface area contributed by atoms with Crippen molar-refractivity contribution in [3.8, 4) is 0 Å². The summed E-state index contributed by atoms with van der Waals surface area (Å²) < 4.78 is 1.79. The van der Waals surface area contributed by atoms with Crippen molar-refractivity contribution >= 4 is 11.9 Å². The molecule has 0 spiro atoms. The van der Waals surface area contributed by atoms with Crippen LogP contribution in [-0.2, 0) is 9.59 Å². The molecule has 2 N–H and O–H groups in total. The van der Waals surface area contributed by atoms with Gasteiger partial charge in [0.2, 0.25) is 5.91 Å². The van der Waals surface area contributed by atoms with Gasteiger partial charge < -0.3 is 15.0 Å². The first kappa shape index (κ1) is 12.6. The van der Waals surface area contributed by atoms with Crippen LogP contribution in [0, 0.1) is 12.8 Å². The molecule has 1 fully saturated rings. The van der Waals surface area contributed by atoms with Gasteiger partial charge in [0.1, 0.15) is 11.9 Å². The van der Waals surface area contributed by atoms with Gasteiger partial charge in [0.25, 0.3) is 0 Å². The summed E-state index contributed by atoms with van der Waals surface area (Å²) in [6.07, 6.45) is 4.47. The molecule has 1 unspecified atom stereocenters. The van der Waals surface area contributed by atoms with Gasteiger partial charge in [-0.3, -0.25) is 9.59 Å². The zero-order valence-corrected chi connectivity index (χ0v) is 10.5. The molecular formula is C12H17N3O3. The minimum absolute atomic E-state index is 0.00937. The topological polar surface area (TPSA) is 84.2 Å². The maximum atomic E-state index is 12.0. The average Bonchev–Trinajstić information content (AvgIpc) is 2.67. The van der Waals surface area contributed by atoms with Gasteiger partial charge in [0.15, 0.2) is 0 Å². The molecule has 0 bridgehead atoms. The van der Waals surface area contributed by atoms with Crippen LogP contribution in [0.15, 0.2) is 12.4 Å². The van der Waals surface area contributed by atoms with E-state index >= 15 is 0 Å². The summed E-state index contributed by atoms with van der Waals surface area (Å²) in [5, 5.41) is 11.6. The Bertz CT molecular complexity index is 463. The van der Waals surface area contributed by atoms with E-state index in [9.17, 15) is 9.59 Å². The number of aryl methyl sites for hydroxylation is 1. The second-order valence-electron chi connectivity index (χ2n) is 4.77. The molecule has 1 aromatic heterocycles. The van der Waals surface area contributed by atoms with Crippen molar-refractivity contribution in [2.45, 2.75) is 38.8 Å². The summed E-state index contributed by atoms with van der Waals surface area (Å²) in [5.74, 6) is -0.390. The van der Waals surface area contributed by atoms with E-state index in [0.29, 0.717) is 12.8 Å². The van der Waals surface area contributed by atoms with Crippen molar-refractivity contribution in [3.05, 3.63) is 18.2 Å². The van der Waals surface area contributed by atoms with Gasteiger partial charge in [-0.1, -0.05) is 0 Å². The van der Waals surface area contributed by atoms with Crippen LogP contribution in [0.3, 0.4) is 0 Å². The van der Waals surface area contributed by atoms with Crippen LogP contribution < -0.4 is 5.32 Å². The van der Waals surface area contributed by atoms with Crippen molar-refractivity contribution in [3.63, 3.8) is 0 Å². The van der Waals surface area contributed by atoms with Gasteiger partial charge in [0, 0.05) is 18.4 Å². The third-order valence-corrected chi connectivity index (χ3v) is 3.49. The highest BCUT2D eigenvalue weighted by atomic mass is 16.4. The second-order valence-corrected chi connectivity index (χ2v) is 4.77. The van der Waals surface area contributed by atoms with Gasteiger partial charge in [-0.05, 0) is 26.7 Å². The minimum Gasteiger partial charge on any atom is -0.481 e. The molecule has 1 aliphatic rings. The third-order valence-electron chi connectivity index (χ3n) is 3.49. The van der Waals surface area contributed by atoms with Crippen LogP contribution >= 0.6 is 0 Å². The predicted molar refractivity (Wildman–Crippen MR) is 64.0 cm³/mol. The number of hydrogen-bond donors (Lipinski definition) is 2. The fourth-order valence-electron chi connectivity index (χ4n) is 2.18. The van der Waals surface area contributed by atoms with Crippen LogP contribution in [0.5, 0.6) is 0 Å². The van der Waals surface area contributed by atoms with Crippen molar-refractivity contribution < 1.29 is 14.7 Å². The van der Waals surface area contributed by atoms with Crippen molar-refractivity contribution in [2.24, 2.45) is 5.92 Å². The molecule has 6 heteroatoms. The molecular weight excluding hydrogens is 234 g/mol. The molecule has 0 aromatic carbocycles. The fourth-order valence-corrected chi connectivity index (χ4v) is 2.18. The number of carboxylic acids is 1. The fraction of sp³-hybridized carbons (Fsp3) is 0.583. The average molecular weight is 251 g/mol. The van der Waals surface area contributed by atoms with E-state index in [4.69, 9.17) is 5.11 Å². The largest absolute Gasteiger partial charge is 0.481 e. The molecule has 2 rings (SSSR count). The van der Waals surface area contributed by atoms with Crippen LogP contribution in [0.25, 0.3) is 0 Å². The van der Waals surface area contributed by atoms with Crippen LogP contribution in [-0.4, -0.2) is 32.6 Å². The van der Waals surface area contributed by atoms with E-state index in [0.717, 1.165) is 5.82 Å². The molecule has 0 radical (unpaired) electrons. The normalized spacial score (nSPS) is 24.1. The molecule has 0 aliphatic heterocycles. The number of carbonyl (C=O) groups excluding carboxylic acids is 1. The monoisotopic (exact) mass is 251 g/mol. The number of hydrogen-bond acceptors (Lipinski definition) is 3. The summed E-state index contributed by atoms with van der Waals surface area (Å²) >= 11 is 0.